The summed E-state index contributed by atoms with van der Waals surface area (Å²) in [6.07, 6.45) is 0. The summed E-state index contributed by atoms with van der Waals surface area (Å²) in [6, 6.07) is 3.25. The van der Waals surface area contributed by atoms with Gasteiger partial charge in [0.05, 0.1) is 9.79 Å². The van der Waals surface area contributed by atoms with Crippen molar-refractivity contribution in [1.82, 2.24) is 0 Å². The van der Waals surface area contributed by atoms with Gasteiger partial charge in [-0.2, -0.15) is 22.7 Å². The van der Waals surface area contributed by atoms with Crippen molar-refractivity contribution in [2.45, 2.75) is 9.79 Å². The molecule has 2 heterocycles. The van der Waals surface area contributed by atoms with Crippen molar-refractivity contribution < 1.29 is 8.42 Å². The SMILES string of the molecule is O=S(=O)(c1ccsc1)c1ccsc1. The predicted molar refractivity (Wildman–Crippen MR) is 54.1 cm³/mol. The highest BCUT2D eigenvalue weighted by Gasteiger charge is 2.17. The first kappa shape index (κ1) is 8.93. The van der Waals surface area contributed by atoms with Gasteiger partial charge in [0.2, 0.25) is 9.84 Å². The predicted octanol–water partition coefficient (Wildman–Crippen LogP) is 2.64. The lowest BCUT2D eigenvalue weighted by Gasteiger charge is -1.96. The van der Waals surface area contributed by atoms with Crippen LogP contribution in [0.1, 0.15) is 0 Å². The van der Waals surface area contributed by atoms with Crippen LogP contribution in [0.15, 0.2) is 43.4 Å². The van der Waals surface area contributed by atoms with Crippen LogP contribution in [0.5, 0.6) is 0 Å². The fourth-order valence-corrected chi connectivity index (χ4v) is 4.26. The lowest BCUT2D eigenvalue weighted by atomic mass is 10.7. The molecule has 0 unspecified atom stereocenters. The van der Waals surface area contributed by atoms with E-state index in [9.17, 15) is 8.42 Å². The van der Waals surface area contributed by atoms with Crippen molar-refractivity contribution in [3.05, 3.63) is 33.7 Å². The molecule has 0 spiro atoms. The van der Waals surface area contributed by atoms with E-state index in [4.69, 9.17) is 0 Å². The molecule has 2 aromatic heterocycles. The molecule has 0 saturated carbocycles. The molecule has 2 rings (SSSR count). The van der Waals surface area contributed by atoms with Crippen LogP contribution >= 0.6 is 22.7 Å². The Morgan fingerprint density at radius 2 is 1.38 bits per heavy atom. The first-order valence-electron chi connectivity index (χ1n) is 3.51. The molecule has 13 heavy (non-hydrogen) atoms. The van der Waals surface area contributed by atoms with E-state index in [2.05, 4.69) is 0 Å². The summed E-state index contributed by atoms with van der Waals surface area (Å²) in [5, 5.41) is 6.82. The van der Waals surface area contributed by atoms with Crippen LogP contribution in [0.25, 0.3) is 0 Å². The van der Waals surface area contributed by atoms with E-state index in [1.807, 2.05) is 0 Å². The molecule has 0 aromatic carbocycles. The zero-order valence-corrected chi connectivity index (χ0v) is 8.95. The van der Waals surface area contributed by atoms with Gasteiger partial charge in [0.25, 0.3) is 0 Å². The molecule has 0 saturated heterocycles. The zero-order valence-electron chi connectivity index (χ0n) is 6.51. The van der Waals surface area contributed by atoms with Crippen molar-refractivity contribution in [2.75, 3.05) is 0 Å². The molecule has 0 bridgehead atoms. The van der Waals surface area contributed by atoms with Crippen molar-refractivity contribution in [3.63, 3.8) is 0 Å². The monoisotopic (exact) mass is 230 g/mol. The average Bonchev–Trinajstić information content (AvgIpc) is 2.78. The smallest absolute Gasteiger partial charge is 0.208 e. The normalized spacial score (nSPS) is 11.7. The zero-order chi connectivity index (χ0) is 9.31. The topological polar surface area (TPSA) is 34.1 Å². The maximum atomic E-state index is 11.8. The third kappa shape index (κ3) is 1.54. The van der Waals surface area contributed by atoms with Gasteiger partial charge in [-0.1, -0.05) is 0 Å². The standard InChI is InChI=1S/C8H6O2S3/c9-13(10,7-1-3-11-5-7)8-2-4-12-6-8/h1-6H. The quantitative estimate of drug-likeness (QED) is 0.794. The summed E-state index contributed by atoms with van der Waals surface area (Å²) in [5.74, 6) is 0. The maximum absolute atomic E-state index is 11.8. The Balaban J connectivity index is 2.56. The minimum absolute atomic E-state index is 0.385. The van der Waals surface area contributed by atoms with Crippen LogP contribution in [0.4, 0.5) is 0 Å². The van der Waals surface area contributed by atoms with Gasteiger partial charge >= 0.3 is 0 Å². The molecule has 0 aliphatic rings. The number of hydrogen-bond donors (Lipinski definition) is 0. The summed E-state index contributed by atoms with van der Waals surface area (Å²) < 4.78 is 23.5. The summed E-state index contributed by atoms with van der Waals surface area (Å²) >= 11 is 2.78. The molecule has 0 fully saturated rings. The fraction of sp³-hybridized carbons (Fsp3) is 0. The molecular weight excluding hydrogens is 224 g/mol. The van der Waals surface area contributed by atoms with Crippen molar-refractivity contribution >= 4 is 32.5 Å². The number of hydrogen-bond acceptors (Lipinski definition) is 4. The van der Waals surface area contributed by atoms with Gasteiger partial charge in [-0.15, -0.1) is 0 Å². The van der Waals surface area contributed by atoms with Crippen LogP contribution in [-0.2, 0) is 9.84 Å². The number of sulfone groups is 1. The van der Waals surface area contributed by atoms with Gasteiger partial charge in [-0.3, -0.25) is 0 Å². The summed E-state index contributed by atoms with van der Waals surface area (Å²) in [7, 11) is -3.23. The van der Waals surface area contributed by atoms with Crippen LogP contribution in [0, 0.1) is 0 Å². The Labute approximate surface area is 84.4 Å². The molecule has 0 amide bonds. The lowest BCUT2D eigenvalue weighted by Crippen LogP contribution is -1.97. The Morgan fingerprint density at radius 3 is 1.69 bits per heavy atom. The number of thiophene rings is 2. The van der Waals surface area contributed by atoms with Gasteiger partial charge in [0.1, 0.15) is 0 Å². The molecule has 0 aliphatic carbocycles. The second-order valence-electron chi connectivity index (χ2n) is 2.42. The van der Waals surface area contributed by atoms with Crippen molar-refractivity contribution in [1.29, 1.82) is 0 Å². The van der Waals surface area contributed by atoms with E-state index in [1.165, 1.54) is 22.7 Å². The largest absolute Gasteiger partial charge is 0.218 e. The summed E-state index contributed by atoms with van der Waals surface area (Å²) in [5.41, 5.74) is 0. The van der Waals surface area contributed by atoms with Crippen molar-refractivity contribution in [2.24, 2.45) is 0 Å². The van der Waals surface area contributed by atoms with E-state index in [0.717, 1.165) is 0 Å². The highest BCUT2D eigenvalue weighted by molar-refractivity contribution is 7.91. The molecule has 0 radical (unpaired) electrons. The van der Waals surface area contributed by atoms with E-state index in [-0.39, 0.29) is 0 Å². The van der Waals surface area contributed by atoms with E-state index < -0.39 is 9.84 Å². The molecule has 0 aliphatic heterocycles. The third-order valence-corrected chi connectivity index (χ3v) is 5.02. The van der Waals surface area contributed by atoms with E-state index in [0.29, 0.717) is 9.79 Å². The molecule has 0 atom stereocenters. The summed E-state index contributed by atoms with van der Waals surface area (Å²) in [4.78, 5) is 0.770. The van der Waals surface area contributed by atoms with Crippen LogP contribution in [-0.4, -0.2) is 8.42 Å². The highest BCUT2D eigenvalue weighted by atomic mass is 32.2. The molecule has 2 nitrogen and oxygen atoms in total. The second-order valence-corrected chi connectivity index (χ2v) is 5.93. The minimum atomic E-state index is -3.23. The Bertz CT molecular complexity index is 425. The Morgan fingerprint density at radius 1 is 0.923 bits per heavy atom. The fourth-order valence-electron chi connectivity index (χ4n) is 0.946. The first-order valence-corrected chi connectivity index (χ1v) is 6.87. The van der Waals surface area contributed by atoms with Gasteiger partial charge < -0.3 is 0 Å². The highest BCUT2D eigenvalue weighted by Crippen LogP contribution is 2.24. The van der Waals surface area contributed by atoms with Gasteiger partial charge in [0, 0.05) is 10.8 Å². The van der Waals surface area contributed by atoms with E-state index in [1.54, 1.807) is 33.7 Å². The summed E-state index contributed by atoms with van der Waals surface area (Å²) in [6.45, 7) is 0. The molecule has 5 heteroatoms. The van der Waals surface area contributed by atoms with Gasteiger partial charge in [-0.05, 0) is 22.9 Å². The Kier molecular flexibility index (Phi) is 2.23. The average molecular weight is 230 g/mol. The number of rotatable bonds is 2. The molecule has 2 aromatic rings. The van der Waals surface area contributed by atoms with E-state index >= 15 is 0 Å². The molecular formula is C8H6O2S3. The van der Waals surface area contributed by atoms with Crippen LogP contribution in [0.3, 0.4) is 0 Å². The first-order chi connectivity index (χ1) is 6.21. The van der Waals surface area contributed by atoms with Gasteiger partial charge in [-0.25, -0.2) is 8.42 Å². The molecule has 0 N–H and O–H groups in total. The maximum Gasteiger partial charge on any atom is 0.208 e. The van der Waals surface area contributed by atoms with Gasteiger partial charge in [0.15, 0.2) is 0 Å². The van der Waals surface area contributed by atoms with Crippen LogP contribution < -0.4 is 0 Å². The van der Waals surface area contributed by atoms with Crippen molar-refractivity contribution in [3.8, 4) is 0 Å². The second kappa shape index (κ2) is 3.25. The third-order valence-electron chi connectivity index (χ3n) is 1.61. The lowest BCUT2D eigenvalue weighted by molar-refractivity contribution is 0.597. The minimum Gasteiger partial charge on any atom is -0.218 e. The molecule has 68 valence electrons. The Hall–Kier alpha value is -0.650. The van der Waals surface area contributed by atoms with Crippen LogP contribution in [0.2, 0.25) is 0 Å².